The summed E-state index contributed by atoms with van der Waals surface area (Å²) in [6.45, 7) is 5.14. The summed E-state index contributed by atoms with van der Waals surface area (Å²) in [5.74, 6) is -0.297. The van der Waals surface area contributed by atoms with Gasteiger partial charge in [0.2, 0.25) is 11.8 Å². The van der Waals surface area contributed by atoms with E-state index in [0.717, 1.165) is 5.56 Å². The Labute approximate surface area is 140 Å². The standard InChI is InChI=1S/C18H19ClN2O2/c1-12(22)20-15-5-4-6-16(11-15)21-17(23)18(2,3)13-7-9-14(19)10-8-13/h4-11H,1-3H3,(H,20,22)(H,21,23). The van der Waals surface area contributed by atoms with Crippen LogP contribution in [0, 0.1) is 0 Å². The van der Waals surface area contributed by atoms with E-state index >= 15 is 0 Å². The molecular formula is C18H19ClN2O2. The third-order valence-corrected chi connectivity index (χ3v) is 3.83. The minimum absolute atomic E-state index is 0.139. The van der Waals surface area contributed by atoms with Gasteiger partial charge in [0, 0.05) is 23.3 Å². The van der Waals surface area contributed by atoms with Gasteiger partial charge < -0.3 is 10.6 Å². The summed E-state index contributed by atoms with van der Waals surface area (Å²) in [4.78, 5) is 23.7. The topological polar surface area (TPSA) is 58.2 Å². The third-order valence-electron chi connectivity index (χ3n) is 3.57. The molecule has 23 heavy (non-hydrogen) atoms. The quantitative estimate of drug-likeness (QED) is 0.882. The molecule has 0 aliphatic heterocycles. The summed E-state index contributed by atoms with van der Waals surface area (Å²) in [5, 5.41) is 6.21. The largest absolute Gasteiger partial charge is 0.326 e. The van der Waals surface area contributed by atoms with Gasteiger partial charge in [0.1, 0.15) is 0 Å². The molecule has 0 spiro atoms. The summed E-state index contributed by atoms with van der Waals surface area (Å²) in [6, 6.07) is 14.3. The van der Waals surface area contributed by atoms with Gasteiger partial charge in [-0.1, -0.05) is 29.8 Å². The first-order valence-corrected chi connectivity index (χ1v) is 7.62. The molecule has 0 heterocycles. The highest BCUT2D eigenvalue weighted by Crippen LogP contribution is 2.27. The molecule has 0 bridgehead atoms. The third kappa shape index (κ3) is 4.33. The van der Waals surface area contributed by atoms with E-state index in [4.69, 9.17) is 11.6 Å². The van der Waals surface area contributed by atoms with Crippen LogP contribution in [0.1, 0.15) is 26.3 Å². The Morgan fingerprint density at radius 2 is 1.52 bits per heavy atom. The zero-order valence-corrected chi connectivity index (χ0v) is 14.1. The van der Waals surface area contributed by atoms with Crippen LogP contribution < -0.4 is 10.6 Å². The number of carbonyl (C=O) groups is 2. The van der Waals surface area contributed by atoms with Crippen LogP contribution in [-0.4, -0.2) is 11.8 Å². The number of benzene rings is 2. The van der Waals surface area contributed by atoms with Gasteiger partial charge in [0.15, 0.2) is 0 Å². The predicted octanol–water partition coefficient (Wildman–Crippen LogP) is 4.21. The van der Waals surface area contributed by atoms with Crippen LogP contribution in [-0.2, 0) is 15.0 Å². The van der Waals surface area contributed by atoms with Crippen molar-refractivity contribution in [2.45, 2.75) is 26.2 Å². The van der Waals surface area contributed by atoms with Crippen molar-refractivity contribution in [2.75, 3.05) is 10.6 Å². The van der Waals surface area contributed by atoms with Gasteiger partial charge in [0.25, 0.3) is 0 Å². The Kier molecular flexibility index (Phi) is 5.06. The highest BCUT2D eigenvalue weighted by Gasteiger charge is 2.29. The Balaban J connectivity index is 2.17. The lowest BCUT2D eigenvalue weighted by Crippen LogP contribution is -2.34. The molecule has 2 aromatic rings. The molecule has 0 saturated carbocycles. The molecule has 5 heteroatoms. The maximum Gasteiger partial charge on any atom is 0.234 e. The molecule has 0 saturated heterocycles. The van der Waals surface area contributed by atoms with Crippen molar-refractivity contribution in [3.63, 3.8) is 0 Å². The number of nitrogens with one attached hydrogen (secondary N) is 2. The Morgan fingerprint density at radius 1 is 0.957 bits per heavy atom. The second-order valence-corrected chi connectivity index (χ2v) is 6.28. The monoisotopic (exact) mass is 330 g/mol. The van der Waals surface area contributed by atoms with E-state index in [1.54, 1.807) is 36.4 Å². The van der Waals surface area contributed by atoms with Crippen molar-refractivity contribution in [2.24, 2.45) is 0 Å². The summed E-state index contributed by atoms with van der Waals surface area (Å²) < 4.78 is 0. The van der Waals surface area contributed by atoms with E-state index < -0.39 is 5.41 Å². The molecule has 2 amide bonds. The molecule has 0 fully saturated rings. The van der Waals surface area contributed by atoms with Crippen molar-refractivity contribution in [1.29, 1.82) is 0 Å². The summed E-state index contributed by atoms with van der Waals surface area (Å²) in [7, 11) is 0. The van der Waals surface area contributed by atoms with Gasteiger partial charge in [-0.3, -0.25) is 9.59 Å². The van der Waals surface area contributed by atoms with Crippen molar-refractivity contribution < 1.29 is 9.59 Å². The molecule has 0 atom stereocenters. The molecule has 0 aromatic heterocycles. The lowest BCUT2D eigenvalue weighted by atomic mass is 9.83. The van der Waals surface area contributed by atoms with Gasteiger partial charge in [-0.2, -0.15) is 0 Å². The highest BCUT2D eigenvalue weighted by molar-refractivity contribution is 6.30. The molecule has 2 aromatic carbocycles. The number of carbonyl (C=O) groups excluding carboxylic acids is 2. The molecule has 0 radical (unpaired) electrons. The number of anilines is 2. The van der Waals surface area contributed by atoms with E-state index in [1.165, 1.54) is 6.92 Å². The highest BCUT2D eigenvalue weighted by atomic mass is 35.5. The smallest absolute Gasteiger partial charge is 0.234 e. The number of amides is 2. The van der Waals surface area contributed by atoms with E-state index in [1.807, 2.05) is 26.0 Å². The first-order valence-electron chi connectivity index (χ1n) is 7.24. The van der Waals surface area contributed by atoms with Crippen LogP contribution in [0.25, 0.3) is 0 Å². The van der Waals surface area contributed by atoms with Crippen LogP contribution in [0.4, 0.5) is 11.4 Å². The Morgan fingerprint density at radius 3 is 2.09 bits per heavy atom. The van der Waals surface area contributed by atoms with Crippen LogP contribution >= 0.6 is 11.6 Å². The lowest BCUT2D eigenvalue weighted by Gasteiger charge is -2.24. The fourth-order valence-corrected chi connectivity index (χ4v) is 2.29. The fourth-order valence-electron chi connectivity index (χ4n) is 2.16. The van der Waals surface area contributed by atoms with Gasteiger partial charge in [-0.05, 0) is 49.7 Å². The molecular weight excluding hydrogens is 312 g/mol. The first-order chi connectivity index (χ1) is 10.8. The van der Waals surface area contributed by atoms with Crippen molar-refractivity contribution in [3.05, 3.63) is 59.1 Å². The average Bonchev–Trinajstić information content (AvgIpc) is 2.47. The first kappa shape index (κ1) is 17.0. The van der Waals surface area contributed by atoms with Gasteiger partial charge in [-0.15, -0.1) is 0 Å². The van der Waals surface area contributed by atoms with E-state index in [9.17, 15) is 9.59 Å². The number of hydrogen-bond acceptors (Lipinski definition) is 2. The van der Waals surface area contributed by atoms with Gasteiger partial charge >= 0.3 is 0 Å². The SMILES string of the molecule is CC(=O)Nc1cccc(NC(=O)C(C)(C)c2ccc(Cl)cc2)c1. The summed E-state index contributed by atoms with van der Waals surface area (Å²) >= 11 is 5.89. The second kappa shape index (κ2) is 6.84. The average molecular weight is 331 g/mol. The lowest BCUT2D eigenvalue weighted by molar-refractivity contribution is -0.120. The minimum Gasteiger partial charge on any atom is -0.326 e. The second-order valence-electron chi connectivity index (χ2n) is 5.85. The predicted molar refractivity (Wildman–Crippen MR) is 93.9 cm³/mol. The molecule has 4 nitrogen and oxygen atoms in total. The van der Waals surface area contributed by atoms with E-state index in [0.29, 0.717) is 16.4 Å². The summed E-state index contributed by atoms with van der Waals surface area (Å²) in [6.07, 6.45) is 0. The zero-order chi connectivity index (χ0) is 17.0. The van der Waals surface area contributed by atoms with Crippen LogP contribution in [0.2, 0.25) is 5.02 Å². The molecule has 2 rings (SSSR count). The fraction of sp³-hybridized carbons (Fsp3) is 0.222. The normalized spacial score (nSPS) is 11.0. The van der Waals surface area contributed by atoms with Crippen molar-refractivity contribution in [3.8, 4) is 0 Å². The molecule has 120 valence electrons. The zero-order valence-electron chi connectivity index (χ0n) is 13.3. The Bertz CT molecular complexity index is 724. The van der Waals surface area contributed by atoms with Crippen LogP contribution in [0.5, 0.6) is 0 Å². The van der Waals surface area contributed by atoms with E-state index in [-0.39, 0.29) is 11.8 Å². The van der Waals surface area contributed by atoms with Crippen LogP contribution in [0.15, 0.2) is 48.5 Å². The molecule has 2 N–H and O–H groups in total. The van der Waals surface area contributed by atoms with E-state index in [2.05, 4.69) is 10.6 Å². The summed E-state index contributed by atoms with van der Waals surface area (Å²) in [5.41, 5.74) is 1.43. The number of hydrogen-bond donors (Lipinski definition) is 2. The van der Waals surface area contributed by atoms with Gasteiger partial charge in [-0.25, -0.2) is 0 Å². The Hall–Kier alpha value is -2.33. The maximum atomic E-state index is 12.6. The number of halogens is 1. The van der Waals surface area contributed by atoms with Gasteiger partial charge in [0.05, 0.1) is 5.41 Å². The van der Waals surface area contributed by atoms with Crippen molar-refractivity contribution >= 4 is 34.8 Å². The molecule has 0 aliphatic carbocycles. The molecule has 0 unspecified atom stereocenters. The number of rotatable bonds is 4. The maximum absolute atomic E-state index is 12.6. The molecule has 0 aliphatic rings. The van der Waals surface area contributed by atoms with Crippen LogP contribution in [0.3, 0.4) is 0 Å². The minimum atomic E-state index is -0.714. The van der Waals surface area contributed by atoms with Crippen molar-refractivity contribution in [1.82, 2.24) is 0 Å².